The standard InChI is InChI=1S/C19H29N3O3/c1-5-25-13-16-9-7-6-8-15(16)10-21-19(20-3)22-11-14(2)17(12-22)18(23)24-4/h6-9,14,17H,5,10-13H2,1-4H3,(H,20,21). The first kappa shape index (κ1) is 19.2. The van der Waals surface area contributed by atoms with E-state index >= 15 is 0 Å². The monoisotopic (exact) mass is 347 g/mol. The van der Waals surface area contributed by atoms with Crippen molar-refractivity contribution in [2.75, 3.05) is 33.9 Å². The predicted octanol–water partition coefficient (Wildman–Crippen LogP) is 2.04. The van der Waals surface area contributed by atoms with Gasteiger partial charge in [-0.3, -0.25) is 9.79 Å². The predicted molar refractivity (Wildman–Crippen MR) is 98.2 cm³/mol. The van der Waals surface area contributed by atoms with Crippen LogP contribution in [0.2, 0.25) is 0 Å². The lowest BCUT2D eigenvalue weighted by atomic mass is 9.99. The van der Waals surface area contributed by atoms with Crippen LogP contribution in [0.1, 0.15) is 25.0 Å². The largest absolute Gasteiger partial charge is 0.469 e. The van der Waals surface area contributed by atoms with E-state index in [1.165, 1.54) is 18.2 Å². The van der Waals surface area contributed by atoms with Crippen molar-refractivity contribution < 1.29 is 14.3 Å². The number of carbonyl (C=O) groups is 1. The number of esters is 1. The van der Waals surface area contributed by atoms with Crippen LogP contribution in [0.25, 0.3) is 0 Å². The number of ether oxygens (including phenoxy) is 2. The average Bonchev–Trinajstić information content (AvgIpc) is 3.02. The number of rotatable bonds is 6. The fourth-order valence-electron chi connectivity index (χ4n) is 3.19. The molecule has 0 saturated carbocycles. The van der Waals surface area contributed by atoms with Crippen molar-refractivity contribution in [1.82, 2.24) is 10.2 Å². The molecule has 6 nitrogen and oxygen atoms in total. The maximum Gasteiger partial charge on any atom is 0.310 e. The van der Waals surface area contributed by atoms with Crippen LogP contribution in [0.3, 0.4) is 0 Å². The smallest absolute Gasteiger partial charge is 0.310 e. The van der Waals surface area contributed by atoms with Crippen molar-refractivity contribution >= 4 is 11.9 Å². The fraction of sp³-hybridized carbons (Fsp3) is 0.579. The summed E-state index contributed by atoms with van der Waals surface area (Å²) in [5, 5.41) is 3.41. The minimum Gasteiger partial charge on any atom is -0.469 e. The summed E-state index contributed by atoms with van der Waals surface area (Å²) in [7, 11) is 3.21. The molecule has 0 radical (unpaired) electrons. The van der Waals surface area contributed by atoms with E-state index in [0.717, 1.165) is 12.5 Å². The first-order valence-corrected chi connectivity index (χ1v) is 8.78. The zero-order valence-electron chi connectivity index (χ0n) is 15.6. The van der Waals surface area contributed by atoms with Gasteiger partial charge in [-0.25, -0.2) is 0 Å². The maximum absolute atomic E-state index is 11.9. The maximum atomic E-state index is 11.9. The van der Waals surface area contributed by atoms with Crippen molar-refractivity contribution in [2.45, 2.75) is 27.0 Å². The number of nitrogens with one attached hydrogen (secondary N) is 1. The van der Waals surface area contributed by atoms with E-state index in [9.17, 15) is 4.79 Å². The van der Waals surface area contributed by atoms with Crippen LogP contribution in [-0.4, -0.2) is 50.7 Å². The van der Waals surface area contributed by atoms with Gasteiger partial charge < -0.3 is 19.7 Å². The Balaban J connectivity index is 1.99. The van der Waals surface area contributed by atoms with Gasteiger partial charge in [0.1, 0.15) is 0 Å². The Morgan fingerprint density at radius 1 is 1.32 bits per heavy atom. The Hall–Kier alpha value is -2.08. The van der Waals surface area contributed by atoms with Crippen LogP contribution in [0.4, 0.5) is 0 Å². The minimum absolute atomic E-state index is 0.103. The van der Waals surface area contributed by atoms with Crippen molar-refractivity contribution in [1.29, 1.82) is 0 Å². The molecule has 0 amide bonds. The first-order valence-electron chi connectivity index (χ1n) is 8.78. The number of nitrogens with zero attached hydrogens (tertiary/aromatic N) is 2. The molecule has 1 aromatic carbocycles. The van der Waals surface area contributed by atoms with Crippen LogP contribution in [0.15, 0.2) is 29.3 Å². The Bertz CT molecular complexity index is 603. The molecule has 138 valence electrons. The number of hydrogen-bond acceptors (Lipinski definition) is 4. The summed E-state index contributed by atoms with van der Waals surface area (Å²) in [5.41, 5.74) is 2.36. The third kappa shape index (κ3) is 4.95. The van der Waals surface area contributed by atoms with Gasteiger partial charge in [-0.05, 0) is 24.0 Å². The summed E-state index contributed by atoms with van der Waals surface area (Å²) in [4.78, 5) is 18.4. The highest BCUT2D eigenvalue weighted by atomic mass is 16.5. The highest BCUT2D eigenvalue weighted by molar-refractivity contribution is 5.82. The van der Waals surface area contributed by atoms with Crippen LogP contribution in [-0.2, 0) is 27.4 Å². The Labute approximate surface area is 150 Å². The molecule has 1 heterocycles. The lowest BCUT2D eigenvalue weighted by molar-refractivity contribution is -0.145. The van der Waals surface area contributed by atoms with Gasteiger partial charge in [0.15, 0.2) is 5.96 Å². The highest BCUT2D eigenvalue weighted by Crippen LogP contribution is 2.24. The summed E-state index contributed by atoms with van der Waals surface area (Å²) < 4.78 is 10.4. The number of benzene rings is 1. The SMILES string of the molecule is CCOCc1ccccc1CNC(=NC)N1CC(C)C(C(=O)OC)C1. The van der Waals surface area contributed by atoms with Gasteiger partial charge >= 0.3 is 5.97 Å². The van der Waals surface area contributed by atoms with E-state index < -0.39 is 0 Å². The second-order valence-electron chi connectivity index (χ2n) is 6.32. The van der Waals surface area contributed by atoms with Crippen molar-refractivity contribution in [3.05, 3.63) is 35.4 Å². The summed E-state index contributed by atoms with van der Waals surface area (Å²) in [6.45, 7) is 7.47. The summed E-state index contributed by atoms with van der Waals surface area (Å²) in [5.74, 6) is 0.807. The van der Waals surface area contributed by atoms with Gasteiger partial charge in [-0.15, -0.1) is 0 Å². The second-order valence-corrected chi connectivity index (χ2v) is 6.32. The lowest BCUT2D eigenvalue weighted by Gasteiger charge is -2.22. The number of hydrogen-bond donors (Lipinski definition) is 1. The Kier molecular flexibility index (Phi) is 7.25. The summed E-state index contributed by atoms with van der Waals surface area (Å²) in [6, 6.07) is 8.23. The van der Waals surface area contributed by atoms with Crippen LogP contribution >= 0.6 is 0 Å². The van der Waals surface area contributed by atoms with Crippen molar-refractivity contribution in [2.24, 2.45) is 16.8 Å². The zero-order chi connectivity index (χ0) is 18.2. The van der Waals surface area contributed by atoms with E-state index in [4.69, 9.17) is 9.47 Å². The van der Waals surface area contributed by atoms with Gasteiger partial charge in [-0.1, -0.05) is 31.2 Å². The van der Waals surface area contributed by atoms with Gasteiger partial charge in [0.2, 0.25) is 0 Å². The van der Waals surface area contributed by atoms with Gasteiger partial charge in [0.25, 0.3) is 0 Å². The zero-order valence-corrected chi connectivity index (χ0v) is 15.6. The number of carbonyl (C=O) groups excluding carboxylic acids is 1. The van der Waals surface area contributed by atoms with Crippen LogP contribution in [0.5, 0.6) is 0 Å². The average molecular weight is 347 g/mol. The Morgan fingerprint density at radius 3 is 2.68 bits per heavy atom. The van der Waals surface area contributed by atoms with E-state index in [0.29, 0.717) is 26.3 Å². The molecular weight excluding hydrogens is 318 g/mol. The number of guanidine groups is 1. The molecule has 6 heteroatoms. The van der Waals surface area contributed by atoms with E-state index in [1.807, 2.05) is 19.1 Å². The van der Waals surface area contributed by atoms with Gasteiger partial charge in [-0.2, -0.15) is 0 Å². The molecule has 1 aliphatic heterocycles. The molecule has 1 aliphatic rings. The molecule has 25 heavy (non-hydrogen) atoms. The number of methoxy groups -OCH3 is 1. The molecule has 2 unspecified atom stereocenters. The quantitative estimate of drug-likeness (QED) is 0.485. The van der Waals surface area contributed by atoms with Gasteiger partial charge in [0, 0.05) is 33.3 Å². The topological polar surface area (TPSA) is 63.2 Å². The molecule has 1 N–H and O–H groups in total. The van der Waals surface area contributed by atoms with E-state index in [-0.39, 0.29) is 17.8 Å². The van der Waals surface area contributed by atoms with Crippen molar-refractivity contribution in [3.63, 3.8) is 0 Å². The van der Waals surface area contributed by atoms with Crippen LogP contribution < -0.4 is 5.32 Å². The summed E-state index contributed by atoms with van der Waals surface area (Å²) in [6.07, 6.45) is 0. The first-order chi connectivity index (χ1) is 12.1. The van der Waals surface area contributed by atoms with Gasteiger partial charge in [0.05, 0.1) is 19.6 Å². The molecular formula is C19H29N3O3. The molecule has 2 rings (SSSR count). The fourth-order valence-corrected chi connectivity index (χ4v) is 3.19. The third-order valence-electron chi connectivity index (χ3n) is 4.64. The number of likely N-dealkylation sites (tertiary alicyclic amines) is 1. The molecule has 1 fully saturated rings. The molecule has 0 aliphatic carbocycles. The molecule has 2 atom stereocenters. The molecule has 0 bridgehead atoms. The number of aliphatic imine (C=N–C) groups is 1. The van der Waals surface area contributed by atoms with E-state index in [1.54, 1.807) is 7.05 Å². The lowest BCUT2D eigenvalue weighted by Crippen LogP contribution is -2.40. The summed E-state index contributed by atoms with van der Waals surface area (Å²) >= 11 is 0. The molecule has 0 aromatic heterocycles. The second kappa shape index (κ2) is 9.42. The third-order valence-corrected chi connectivity index (χ3v) is 4.64. The normalized spacial score (nSPS) is 20.6. The minimum atomic E-state index is -0.146. The highest BCUT2D eigenvalue weighted by Gasteiger charge is 2.36. The molecule has 1 saturated heterocycles. The van der Waals surface area contributed by atoms with E-state index in [2.05, 4.69) is 34.3 Å². The Morgan fingerprint density at radius 2 is 2.04 bits per heavy atom. The van der Waals surface area contributed by atoms with Crippen molar-refractivity contribution in [3.8, 4) is 0 Å². The molecule has 1 aromatic rings. The molecule has 0 spiro atoms. The van der Waals surface area contributed by atoms with Crippen LogP contribution in [0, 0.1) is 11.8 Å².